The molecule has 1 unspecified atom stereocenters. The van der Waals surface area contributed by atoms with E-state index in [1.54, 1.807) is 11.3 Å². The average molecular weight is 312 g/mol. The van der Waals surface area contributed by atoms with Crippen molar-refractivity contribution in [1.82, 2.24) is 14.9 Å². The lowest BCUT2D eigenvalue weighted by atomic mass is 10.1. The minimum atomic E-state index is 0.421. The Morgan fingerprint density at radius 1 is 1.18 bits per heavy atom. The number of aromatic nitrogens is 2. The molecule has 4 nitrogen and oxygen atoms in total. The number of piperazine rings is 1. The lowest BCUT2D eigenvalue weighted by Gasteiger charge is -2.38. The zero-order valence-corrected chi connectivity index (χ0v) is 13.5. The predicted molar refractivity (Wildman–Crippen MR) is 92.6 cm³/mol. The predicted octanol–water partition coefficient (Wildman–Crippen LogP) is 3.51. The number of rotatable bonds is 3. The molecule has 1 aliphatic heterocycles. The zero-order chi connectivity index (χ0) is 14.9. The third-order valence-corrected chi connectivity index (χ3v) is 5.53. The summed E-state index contributed by atoms with van der Waals surface area (Å²) in [5.74, 6) is 0. The van der Waals surface area contributed by atoms with Crippen molar-refractivity contribution in [2.24, 2.45) is 0 Å². The van der Waals surface area contributed by atoms with Crippen molar-refractivity contribution in [2.45, 2.75) is 13.0 Å². The molecule has 114 valence electrons. The van der Waals surface area contributed by atoms with Crippen LogP contribution in [-0.4, -0.2) is 41.0 Å². The Bertz CT molecular complexity index is 741. The van der Waals surface area contributed by atoms with E-state index in [0.29, 0.717) is 6.04 Å². The lowest BCUT2D eigenvalue weighted by molar-refractivity contribution is 0.198. The number of H-pyrrole nitrogens is 1. The number of aromatic amines is 1. The number of nitrogens with zero attached hydrogens (tertiary/aromatic N) is 3. The van der Waals surface area contributed by atoms with Crippen molar-refractivity contribution in [1.29, 1.82) is 0 Å². The standard InChI is InChI=1S/C17H20N4S/c1-13(17-19-7-12-22-17)20-8-10-21(11-9-20)16-4-2-3-15-14(16)5-6-18-15/h2-7,12-13,18H,8-11H2,1H3. The molecule has 22 heavy (non-hydrogen) atoms. The van der Waals surface area contributed by atoms with Gasteiger partial charge in [0.1, 0.15) is 5.01 Å². The maximum Gasteiger partial charge on any atom is 0.109 e. The fraction of sp³-hybridized carbons (Fsp3) is 0.353. The van der Waals surface area contributed by atoms with Crippen LogP contribution in [0, 0.1) is 0 Å². The molecular weight excluding hydrogens is 292 g/mol. The molecule has 0 aliphatic carbocycles. The van der Waals surface area contributed by atoms with Gasteiger partial charge in [0.25, 0.3) is 0 Å². The lowest BCUT2D eigenvalue weighted by Crippen LogP contribution is -2.47. The summed E-state index contributed by atoms with van der Waals surface area (Å²) in [7, 11) is 0. The first kappa shape index (κ1) is 13.8. The second-order valence-electron chi connectivity index (χ2n) is 5.79. The summed E-state index contributed by atoms with van der Waals surface area (Å²) in [6.07, 6.45) is 3.92. The number of fused-ring (bicyclic) bond motifs is 1. The number of nitrogens with one attached hydrogen (secondary N) is 1. The first-order valence-corrected chi connectivity index (χ1v) is 8.65. The quantitative estimate of drug-likeness (QED) is 0.804. The largest absolute Gasteiger partial charge is 0.368 e. The van der Waals surface area contributed by atoms with Gasteiger partial charge in [-0.15, -0.1) is 11.3 Å². The van der Waals surface area contributed by atoms with Gasteiger partial charge < -0.3 is 9.88 Å². The van der Waals surface area contributed by atoms with E-state index in [2.05, 4.69) is 56.3 Å². The Labute approximate surface area is 134 Å². The summed E-state index contributed by atoms with van der Waals surface area (Å²) >= 11 is 1.75. The fourth-order valence-corrected chi connectivity index (χ4v) is 4.02. The van der Waals surface area contributed by atoms with Crippen LogP contribution in [0.1, 0.15) is 18.0 Å². The molecule has 0 spiro atoms. The Kier molecular flexibility index (Phi) is 3.60. The smallest absolute Gasteiger partial charge is 0.109 e. The van der Waals surface area contributed by atoms with Gasteiger partial charge in [-0.1, -0.05) is 6.07 Å². The second-order valence-corrected chi connectivity index (χ2v) is 6.71. The van der Waals surface area contributed by atoms with Gasteiger partial charge >= 0.3 is 0 Å². The molecule has 1 saturated heterocycles. The molecule has 3 heterocycles. The van der Waals surface area contributed by atoms with Gasteiger partial charge in [0.05, 0.1) is 6.04 Å². The molecule has 1 aromatic carbocycles. The molecule has 5 heteroatoms. The van der Waals surface area contributed by atoms with Crippen molar-refractivity contribution in [3.63, 3.8) is 0 Å². The van der Waals surface area contributed by atoms with Crippen LogP contribution in [-0.2, 0) is 0 Å². The summed E-state index contributed by atoms with van der Waals surface area (Å²) in [5.41, 5.74) is 2.57. The van der Waals surface area contributed by atoms with E-state index >= 15 is 0 Å². The number of hydrogen-bond acceptors (Lipinski definition) is 4. The summed E-state index contributed by atoms with van der Waals surface area (Å²) in [4.78, 5) is 12.8. The van der Waals surface area contributed by atoms with E-state index in [9.17, 15) is 0 Å². The molecule has 0 bridgehead atoms. The molecular formula is C17H20N4S. The van der Waals surface area contributed by atoms with Crippen LogP contribution < -0.4 is 4.90 Å². The fourth-order valence-electron chi connectivity index (χ4n) is 3.29. The van der Waals surface area contributed by atoms with Crippen LogP contribution in [0.2, 0.25) is 0 Å². The van der Waals surface area contributed by atoms with Crippen LogP contribution in [0.3, 0.4) is 0 Å². The summed E-state index contributed by atoms with van der Waals surface area (Å²) in [6, 6.07) is 9.11. The van der Waals surface area contributed by atoms with Gasteiger partial charge in [-0.3, -0.25) is 4.90 Å². The van der Waals surface area contributed by atoms with E-state index in [-0.39, 0.29) is 0 Å². The van der Waals surface area contributed by atoms with Crippen LogP contribution in [0.15, 0.2) is 42.0 Å². The summed E-state index contributed by atoms with van der Waals surface area (Å²) in [5, 5.41) is 4.61. The molecule has 4 rings (SSSR count). The van der Waals surface area contributed by atoms with Gasteiger partial charge in [0, 0.05) is 60.5 Å². The number of hydrogen-bond donors (Lipinski definition) is 1. The molecule has 1 fully saturated rings. The molecule has 1 aliphatic rings. The van der Waals surface area contributed by atoms with Gasteiger partial charge in [-0.25, -0.2) is 4.98 Å². The van der Waals surface area contributed by atoms with Crippen LogP contribution in [0.4, 0.5) is 5.69 Å². The monoisotopic (exact) mass is 312 g/mol. The average Bonchev–Trinajstić information content (AvgIpc) is 3.25. The Hall–Kier alpha value is -1.85. The van der Waals surface area contributed by atoms with Gasteiger partial charge in [0.15, 0.2) is 0 Å². The van der Waals surface area contributed by atoms with Crippen LogP contribution in [0.5, 0.6) is 0 Å². The highest BCUT2D eigenvalue weighted by molar-refractivity contribution is 7.09. The first-order valence-electron chi connectivity index (χ1n) is 7.77. The highest BCUT2D eigenvalue weighted by atomic mass is 32.1. The van der Waals surface area contributed by atoms with E-state index in [0.717, 1.165) is 26.2 Å². The number of benzene rings is 1. The van der Waals surface area contributed by atoms with Crippen molar-refractivity contribution < 1.29 is 0 Å². The third kappa shape index (κ3) is 2.40. The Morgan fingerprint density at radius 3 is 2.82 bits per heavy atom. The van der Waals surface area contributed by atoms with E-state index in [1.165, 1.54) is 21.6 Å². The Balaban J connectivity index is 1.49. The molecule has 1 N–H and O–H groups in total. The van der Waals surface area contributed by atoms with Crippen molar-refractivity contribution in [2.75, 3.05) is 31.1 Å². The van der Waals surface area contributed by atoms with E-state index in [1.807, 2.05) is 12.4 Å². The SMILES string of the molecule is CC(c1nccs1)N1CCN(c2cccc3[nH]ccc23)CC1. The van der Waals surface area contributed by atoms with Gasteiger partial charge in [-0.05, 0) is 25.1 Å². The summed E-state index contributed by atoms with van der Waals surface area (Å²) in [6.45, 7) is 6.57. The van der Waals surface area contributed by atoms with Crippen LogP contribution in [0.25, 0.3) is 10.9 Å². The Morgan fingerprint density at radius 2 is 2.05 bits per heavy atom. The molecule has 1 atom stereocenters. The first-order chi connectivity index (χ1) is 10.8. The molecule has 2 aromatic heterocycles. The minimum Gasteiger partial charge on any atom is -0.368 e. The number of anilines is 1. The van der Waals surface area contributed by atoms with Crippen molar-refractivity contribution in [3.8, 4) is 0 Å². The van der Waals surface area contributed by atoms with E-state index < -0.39 is 0 Å². The second kappa shape index (κ2) is 5.74. The van der Waals surface area contributed by atoms with Crippen molar-refractivity contribution in [3.05, 3.63) is 47.0 Å². The highest BCUT2D eigenvalue weighted by Gasteiger charge is 2.24. The number of thiazole rings is 1. The molecule has 0 amide bonds. The van der Waals surface area contributed by atoms with Gasteiger partial charge in [-0.2, -0.15) is 0 Å². The third-order valence-electron chi connectivity index (χ3n) is 4.58. The minimum absolute atomic E-state index is 0.421. The van der Waals surface area contributed by atoms with Crippen LogP contribution >= 0.6 is 11.3 Å². The zero-order valence-electron chi connectivity index (χ0n) is 12.7. The molecule has 3 aromatic rings. The molecule has 0 saturated carbocycles. The maximum atomic E-state index is 4.46. The topological polar surface area (TPSA) is 35.2 Å². The molecule has 0 radical (unpaired) electrons. The highest BCUT2D eigenvalue weighted by Crippen LogP contribution is 2.29. The van der Waals surface area contributed by atoms with Gasteiger partial charge in [0.2, 0.25) is 0 Å². The van der Waals surface area contributed by atoms with Crippen molar-refractivity contribution >= 4 is 27.9 Å². The normalized spacial score (nSPS) is 18.0. The summed E-state index contributed by atoms with van der Waals surface area (Å²) < 4.78 is 0. The maximum absolute atomic E-state index is 4.46. The van der Waals surface area contributed by atoms with E-state index in [4.69, 9.17) is 0 Å².